The van der Waals surface area contributed by atoms with Crippen LogP contribution in [0.5, 0.6) is 0 Å². The van der Waals surface area contributed by atoms with Crippen LogP contribution < -0.4 is 0 Å². The molecule has 0 unspecified atom stereocenters. The van der Waals surface area contributed by atoms with Crippen LogP contribution in [0.1, 0.15) is 0 Å². The number of non-ortho nitro benzene ring substituents is 1. The van der Waals surface area contributed by atoms with E-state index in [4.69, 9.17) is 0 Å². The molecule has 0 bridgehead atoms. The number of thiophene rings is 1. The van der Waals surface area contributed by atoms with Gasteiger partial charge in [0, 0.05) is 45.7 Å². The number of pyridine rings is 1. The Labute approximate surface area is 142 Å². The predicted octanol–water partition coefficient (Wildman–Crippen LogP) is 5.54. The Morgan fingerprint density at radius 1 is 0.958 bits per heavy atom. The molecule has 5 heteroatoms. The van der Waals surface area contributed by atoms with Gasteiger partial charge in [0.05, 0.1) is 4.92 Å². The molecule has 4 rings (SSSR count). The number of fused-ring (bicyclic) bond motifs is 1. The van der Waals surface area contributed by atoms with Crippen LogP contribution in [0.4, 0.5) is 5.69 Å². The molecule has 24 heavy (non-hydrogen) atoms. The van der Waals surface area contributed by atoms with E-state index in [1.165, 1.54) is 11.5 Å². The molecule has 0 fully saturated rings. The first-order chi connectivity index (χ1) is 11.7. The van der Waals surface area contributed by atoms with E-state index in [-0.39, 0.29) is 10.6 Å². The number of rotatable bonds is 3. The Morgan fingerprint density at radius 2 is 1.79 bits per heavy atom. The average Bonchev–Trinajstić information content (AvgIpc) is 3.05. The molecule has 0 aliphatic heterocycles. The summed E-state index contributed by atoms with van der Waals surface area (Å²) in [6.45, 7) is 0. The van der Waals surface area contributed by atoms with Gasteiger partial charge >= 0.3 is 0 Å². The van der Waals surface area contributed by atoms with Crippen molar-refractivity contribution in [2.45, 2.75) is 0 Å². The van der Waals surface area contributed by atoms with Crippen LogP contribution in [-0.4, -0.2) is 9.91 Å². The van der Waals surface area contributed by atoms with Crippen molar-refractivity contribution in [2.75, 3.05) is 0 Å². The molecule has 2 aromatic carbocycles. The summed E-state index contributed by atoms with van der Waals surface area (Å²) in [6, 6.07) is 16.9. The highest BCUT2D eigenvalue weighted by atomic mass is 32.1. The lowest BCUT2D eigenvalue weighted by Crippen LogP contribution is -1.88. The van der Waals surface area contributed by atoms with Gasteiger partial charge in [0.2, 0.25) is 0 Å². The molecule has 0 aliphatic rings. The molecule has 4 aromatic rings. The second-order valence-corrected chi connectivity index (χ2v) is 6.32. The van der Waals surface area contributed by atoms with Gasteiger partial charge in [-0.15, -0.1) is 11.3 Å². The van der Waals surface area contributed by atoms with Gasteiger partial charge < -0.3 is 0 Å². The lowest BCUT2D eigenvalue weighted by atomic mass is 10.0. The van der Waals surface area contributed by atoms with Crippen LogP contribution in [0, 0.1) is 10.1 Å². The first-order valence-electron chi connectivity index (χ1n) is 7.39. The largest absolute Gasteiger partial charge is 0.270 e. The van der Waals surface area contributed by atoms with E-state index in [1.807, 2.05) is 30.5 Å². The van der Waals surface area contributed by atoms with Gasteiger partial charge in [0.1, 0.15) is 0 Å². The topological polar surface area (TPSA) is 56.0 Å². The van der Waals surface area contributed by atoms with Gasteiger partial charge in [-0.2, -0.15) is 0 Å². The number of nitro benzene ring substituents is 1. The van der Waals surface area contributed by atoms with Crippen molar-refractivity contribution >= 4 is 27.1 Å². The smallest absolute Gasteiger partial charge is 0.264 e. The van der Waals surface area contributed by atoms with Gasteiger partial charge in [-0.3, -0.25) is 15.1 Å². The monoisotopic (exact) mass is 332 g/mol. The van der Waals surface area contributed by atoms with Crippen molar-refractivity contribution < 1.29 is 4.92 Å². The van der Waals surface area contributed by atoms with Crippen LogP contribution in [0.3, 0.4) is 0 Å². The molecule has 116 valence electrons. The zero-order valence-electron chi connectivity index (χ0n) is 12.5. The van der Waals surface area contributed by atoms with Gasteiger partial charge in [0.15, 0.2) is 0 Å². The fourth-order valence-electron chi connectivity index (χ4n) is 2.75. The third-order valence-corrected chi connectivity index (χ3v) is 4.88. The van der Waals surface area contributed by atoms with Gasteiger partial charge in [-0.25, -0.2) is 0 Å². The van der Waals surface area contributed by atoms with E-state index in [2.05, 4.69) is 22.5 Å². The minimum atomic E-state index is -0.367. The zero-order chi connectivity index (χ0) is 16.5. The summed E-state index contributed by atoms with van der Waals surface area (Å²) in [5.41, 5.74) is 4.18. The molecular formula is C19H12N2O2S. The van der Waals surface area contributed by atoms with Crippen molar-refractivity contribution in [3.05, 3.63) is 82.5 Å². The second kappa shape index (κ2) is 5.86. The molecule has 0 spiro atoms. The molecule has 0 saturated heterocycles. The van der Waals surface area contributed by atoms with Crippen LogP contribution in [0.25, 0.3) is 32.3 Å². The minimum absolute atomic E-state index is 0.106. The standard InChI is InChI=1S/C19H12N2O2S/c22-21(23)16-5-1-3-13(9-16)14-6-7-17-18(12-24-19(17)10-14)15-4-2-8-20-11-15/h1-12H. The van der Waals surface area contributed by atoms with E-state index in [1.54, 1.807) is 29.7 Å². The predicted molar refractivity (Wildman–Crippen MR) is 97.1 cm³/mol. The highest BCUT2D eigenvalue weighted by Crippen LogP contribution is 2.36. The highest BCUT2D eigenvalue weighted by Gasteiger charge is 2.10. The Hall–Kier alpha value is -3.05. The summed E-state index contributed by atoms with van der Waals surface area (Å²) in [7, 11) is 0. The van der Waals surface area contributed by atoms with Crippen molar-refractivity contribution in [2.24, 2.45) is 0 Å². The Morgan fingerprint density at radius 3 is 2.58 bits per heavy atom. The second-order valence-electron chi connectivity index (χ2n) is 5.41. The molecule has 0 atom stereocenters. The fraction of sp³-hybridized carbons (Fsp3) is 0. The fourth-order valence-corrected chi connectivity index (χ4v) is 3.76. The Bertz CT molecular complexity index is 1040. The Balaban J connectivity index is 1.80. The molecule has 0 saturated carbocycles. The number of benzene rings is 2. The normalized spacial score (nSPS) is 10.8. The minimum Gasteiger partial charge on any atom is -0.264 e. The van der Waals surface area contributed by atoms with E-state index in [0.717, 1.165) is 27.0 Å². The summed E-state index contributed by atoms with van der Waals surface area (Å²) in [6.07, 6.45) is 3.62. The number of nitrogens with zero attached hydrogens (tertiary/aromatic N) is 2. The lowest BCUT2D eigenvalue weighted by Gasteiger charge is -2.03. The van der Waals surface area contributed by atoms with Crippen molar-refractivity contribution in [1.82, 2.24) is 4.98 Å². The maximum atomic E-state index is 11.0. The highest BCUT2D eigenvalue weighted by molar-refractivity contribution is 7.17. The maximum absolute atomic E-state index is 11.0. The van der Waals surface area contributed by atoms with Crippen molar-refractivity contribution in [3.8, 4) is 22.3 Å². The van der Waals surface area contributed by atoms with E-state index in [0.29, 0.717) is 0 Å². The lowest BCUT2D eigenvalue weighted by molar-refractivity contribution is -0.384. The van der Waals surface area contributed by atoms with Crippen LogP contribution in [-0.2, 0) is 0 Å². The van der Waals surface area contributed by atoms with E-state index in [9.17, 15) is 10.1 Å². The molecule has 0 amide bonds. The molecule has 4 nitrogen and oxygen atoms in total. The molecule has 0 aliphatic carbocycles. The third kappa shape index (κ3) is 2.55. The summed E-state index contributed by atoms with van der Waals surface area (Å²) >= 11 is 1.67. The number of hydrogen-bond acceptors (Lipinski definition) is 4. The Kier molecular flexibility index (Phi) is 3.55. The summed E-state index contributed by atoms with van der Waals surface area (Å²) < 4.78 is 1.15. The summed E-state index contributed by atoms with van der Waals surface area (Å²) in [5, 5.41) is 14.3. The number of aromatic nitrogens is 1. The van der Waals surface area contributed by atoms with Gasteiger partial charge in [-0.1, -0.05) is 30.3 Å². The molecule has 2 aromatic heterocycles. The quantitative estimate of drug-likeness (QED) is 0.366. The van der Waals surface area contributed by atoms with Gasteiger partial charge in [-0.05, 0) is 28.6 Å². The maximum Gasteiger partial charge on any atom is 0.270 e. The molecular weight excluding hydrogens is 320 g/mol. The van der Waals surface area contributed by atoms with E-state index >= 15 is 0 Å². The van der Waals surface area contributed by atoms with Crippen molar-refractivity contribution in [3.63, 3.8) is 0 Å². The molecule has 0 N–H and O–H groups in total. The molecule has 0 radical (unpaired) electrons. The number of nitro groups is 1. The summed E-state index contributed by atoms with van der Waals surface area (Å²) in [5.74, 6) is 0. The van der Waals surface area contributed by atoms with Crippen LogP contribution >= 0.6 is 11.3 Å². The molecule has 2 heterocycles. The SMILES string of the molecule is O=[N+]([O-])c1cccc(-c2ccc3c(-c4cccnc4)csc3c2)c1. The van der Waals surface area contributed by atoms with Crippen LogP contribution in [0.15, 0.2) is 72.4 Å². The average molecular weight is 332 g/mol. The van der Waals surface area contributed by atoms with Crippen molar-refractivity contribution in [1.29, 1.82) is 0 Å². The zero-order valence-corrected chi connectivity index (χ0v) is 13.4. The summed E-state index contributed by atoms with van der Waals surface area (Å²) in [4.78, 5) is 14.8. The van der Waals surface area contributed by atoms with Crippen LogP contribution in [0.2, 0.25) is 0 Å². The van der Waals surface area contributed by atoms with Gasteiger partial charge in [0.25, 0.3) is 5.69 Å². The third-order valence-electron chi connectivity index (χ3n) is 3.94. The first kappa shape index (κ1) is 14.5. The van der Waals surface area contributed by atoms with E-state index < -0.39 is 0 Å². The first-order valence-corrected chi connectivity index (χ1v) is 8.27. The number of hydrogen-bond donors (Lipinski definition) is 0.